The van der Waals surface area contributed by atoms with E-state index in [1.807, 2.05) is 6.92 Å². The van der Waals surface area contributed by atoms with Gasteiger partial charge >= 0.3 is 0 Å². The van der Waals surface area contributed by atoms with E-state index >= 15 is 0 Å². The Hall–Kier alpha value is -2.55. The van der Waals surface area contributed by atoms with Gasteiger partial charge in [-0.2, -0.15) is 0 Å². The van der Waals surface area contributed by atoms with Crippen LogP contribution >= 0.6 is 0 Å². The molecule has 1 aliphatic rings. The highest BCUT2D eigenvalue weighted by Gasteiger charge is 2.23. The molecule has 164 valence electrons. The van der Waals surface area contributed by atoms with E-state index in [-0.39, 0.29) is 11.7 Å². The molecule has 4 rings (SSSR count). The molecule has 0 spiro atoms. The predicted octanol–water partition coefficient (Wildman–Crippen LogP) is 3.98. The average Bonchev–Trinajstić information content (AvgIpc) is 3.22. The number of likely N-dealkylation sites (tertiary alicyclic amines) is 1. The largest absolute Gasteiger partial charge is 0.439 e. The van der Waals surface area contributed by atoms with Gasteiger partial charge in [0.2, 0.25) is 15.9 Å². The van der Waals surface area contributed by atoms with Gasteiger partial charge in [-0.15, -0.1) is 0 Å². The minimum Gasteiger partial charge on any atom is -0.439 e. The summed E-state index contributed by atoms with van der Waals surface area (Å²) in [5.74, 6) is 1.14. The normalized spacial score (nSPS) is 17.7. The number of oxazole rings is 1. The van der Waals surface area contributed by atoms with Gasteiger partial charge in [0.1, 0.15) is 5.82 Å². The maximum Gasteiger partial charge on any atom is 0.240 e. The predicted molar refractivity (Wildman–Crippen MR) is 116 cm³/mol. The Morgan fingerprint density at radius 1 is 1.16 bits per heavy atom. The zero-order valence-corrected chi connectivity index (χ0v) is 18.2. The van der Waals surface area contributed by atoms with Crippen LogP contribution in [0.2, 0.25) is 0 Å². The van der Waals surface area contributed by atoms with Crippen molar-refractivity contribution in [2.45, 2.75) is 31.2 Å². The minimum absolute atomic E-state index is 0.223. The number of halogens is 1. The second kappa shape index (κ2) is 9.30. The molecule has 2 heterocycles. The maximum absolute atomic E-state index is 13.1. The molecular formula is C23H26FN3O3S. The van der Waals surface area contributed by atoms with E-state index in [9.17, 15) is 12.8 Å². The van der Waals surface area contributed by atoms with E-state index in [1.54, 1.807) is 42.6 Å². The van der Waals surface area contributed by atoms with Crippen LogP contribution in [-0.2, 0) is 16.6 Å². The zero-order valence-electron chi connectivity index (χ0n) is 17.4. The van der Waals surface area contributed by atoms with Crippen LogP contribution in [-0.4, -0.2) is 37.9 Å². The zero-order chi connectivity index (χ0) is 21.8. The lowest BCUT2D eigenvalue weighted by Crippen LogP contribution is -2.40. The highest BCUT2D eigenvalue weighted by Crippen LogP contribution is 2.23. The van der Waals surface area contributed by atoms with Crippen LogP contribution in [0.25, 0.3) is 11.3 Å². The van der Waals surface area contributed by atoms with Crippen LogP contribution in [0.15, 0.2) is 64.0 Å². The van der Waals surface area contributed by atoms with Crippen molar-refractivity contribution in [1.29, 1.82) is 0 Å². The molecule has 1 saturated heterocycles. The van der Waals surface area contributed by atoms with E-state index in [4.69, 9.17) is 4.42 Å². The third-order valence-corrected chi connectivity index (χ3v) is 6.98. The van der Waals surface area contributed by atoms with E-state index in [2.05, 4.69) is 14.6 Å². The van der Waals surface area contributed by atoms with Crippen LogP contribution in [0.1, 0.15) is 24.3 Å². The van der Waals surface area contributed by atoms with Gasteiger partial charge in [-0.1, -0.05) is 17.7 Å². The molecule has 8 heteroatoms. The SMILES string of the molecule is Cc1ccc(S(=O)(=O)NCC2CCCN(Cc3ncc(-c4ccc(F)cc4)o3)C2)cc1. The number of benzene rings is 2. The highest BCUT2D eigenvalue weighted by molar-refractivity contribution is 7.89. The first kappa shape index (κ1) is 21.7. The number of sulfonamides is 1. The third kappa shape index (κ3) is 5.58. The molecule has 1 fully saturated rings. The van der Waals surface area contributed by atoms with Crippen molar-refractivity contribution >= 4 is 10.0 Å². The maximum atomic E-state index is 13.1. The average molecular weight is 444 g/mol. The van der Waals surface area contributed by atoms with Crippen LogP contribution in [0.4, 0.5) is 4.39 Å². The number of piperidine rings is 1. The van der Waals surface area contributed by atoms with Gasteiger partial charge in [0.25, 0.3) is 0 Å². The standard InChI is InChI=1S/C23H26FN3O3S/c1-17-4-10-21(11-5-17)31(28,29)26-13-18-3-2-12-27(15-18)16-23-25-14-22(30-23)19-6-8-20(24)9-7-19/h4-11,14,18,26H,2-3,12-13,15-16H2,1H3. The highest BCUT2D eigenvalue weighted by atomic mass is 32.2. The summed E-state index contributed by atoms with van der Waals surface area (Å²) in [5.41, 5.74) is 1.80. The number of aryl methyl sites for hydroxylation is 1. The number of nitrogens with one attached hydrogen (secondary N) is 1. The summed E-state index contributed by atoms with van der Waals surface area (Å²) >= 11 is 0. The fraction of sp³-hybridized carbons (Fsp3) is 0.348. The molecule has 0 bridgehead atoms. The number of nitrogens with zero attached hydrogens (tertiary/aromatic N) is 2. The van der Waals surface area contributed by atoms with Gasteiger partial charge in [0.05, 0.1) is 17.6 Å². The van der Waals surface area contributed by atoms with Gasteiger partial charge in [0, 0.05) is 18.7 Å². The topological polar surface area (TPSA) is 75.4 Å². The smallest absolute Gasteiger partial charge is 0.240 e. The monoisotopic (exact) mass is 443 g/mol. The molecule has 0 aliphatic carbocycles. The molecule has 6 nitrogen and oxygen atoms in total. The fourth-order valence-corrected chi connectivity index (χ4v) is 4.93. The van der Waals surface area contributed by atoms with E-state index in [0.717, 1.165) is 37.1 Å². The lowest BCUT2D eigenvalue weighted by molar-refractivity contribution is 0.156. The molecule has 1 unspecified atom stereocenters. The molecule has 0 saturated carbocycles. The Bertz CT molecular complexity index is 1110. The van der Waals surface area contributed by atoms with E-state index in [1.165, 1.54) is 12.1 Å². The lowest BCUT2D eigenvalue weighted by Gasteiger charge is -2.31. The molecule has 1 aliphatic heterocycles. The quantitative estimate of drug-likeness (QED) is 0.598. The van der Waals surface area contributed by atoms with E-state index in [0.29, 0.717) is 29.6 Å². The fourth-order valence-electron chi connectivity index (χ4n) is 3.81. The second-order valence-corrected chi connectivity index (χ2v) is 9.80. The summed E-state index contributed by atoms with van der Waals surface area (Å²) in [6, 6.07) is 13.0. The summed E-state index contributed by atoms with van der Waals surface area (Å²) in [7, 11) is -3.51. The van der Waals surface area contributed by atoms with Crippen molar-refractivity contribution < 1.29 is 17.2 Å². The Morgan fingerprint density at radius 3 is 2.65 bits per heavy atom. The van der Waals surface area contributed by atoms with Gasteiger partial charge in [-0.3, -0.25) is 4.90 Å². The van der Waals surface area contributed by atoms with Crippen molar-refractivity contribution in [1.82, 2.24) is 14.6 Å². The molecule has 1 atom stereocenters. The molecule has 1 N–H and O–H groups in total. The first-order chi connectivity index (χ1) is 14.9. The Morgan fingerprint density at radius 2 is 1.90 bits per heavy atom. The summed E-state index contributed by atoms with van der Waals surface area (Å²) in [6.07, 6.45) is 3.61. The van der Waals surface area contributed by atoms with Crippen molar-refractivity contribution in [3.63, 3.8) is 0 Å². The molecule has 1 aromatic heterocycles. The Labute approximate surface area is 182 Å². The summed E-state index contributed by atoms with van der Waals surface area (Å²) < 4.78 is 46.8. The number of hydrogen-bond donors (Lipinski definition) is 1. The first-order valence-electron chi connectivity index (χ1n) is 10.4. The van der Waals surface area contributed by atoms with Crippen LogP contribution in [0.3, 0.4) is 0 Å². The Balaban J connectivity index is 1.32. The summed E-state index contributed by atoms with van der Waals surface area (Å²) in [6.45, 7) is 4.57. The number of aromatic nitrogens is 1. The third-order valence-electron chi connectivity index (χ3n) is 5.54. The van der Waals surface area contributed by atoms with Crippen molar-refractivity contribution in [3.8, 4) is 11.3 Å². The number of rotatable bonds is 7. The van der Waals surface area contributed by atoms with Gasteiger partial charge < -0.3 is 4.42 Å². The van der Waals surface area contributed by atoms with Crippen molar-refractivity contribution in [3.05, 3.63) is 72.0 Å². The van der Waals surface area contributed by atoms with Gasteiger partial charge in [-0.05, 0) is 68.6 Å². The first-order valence-corrected chi connectivity index (χ1v) is 11.9. The van der Waals surface area contributed by atoms with Crippen LogP contribution in [0.5, 0.6) is 0 Å². The molecule has 3 aromatic rings. The summed E-state index contributed by atoms with van der Waals surface area (Å²) in [5, 5.41) is 0. The van der Waals surface area contributed by atoms with Crippen LogP contribution in [0, 0.1) is 18.7 Å². The van der Waals surface area contributed by atoms with Gasteiger partial charge in [-0.25, -0.2) is 22.5 Å². The summed E-state index contributed by atoms with van der Waals surface area (Å²) in [4.78, 5) is 6.87. The lowest BCUT2D eigenvalue weighted by atomic mass is 9.98. The van der Waals surface area contributed by atoms with E-state index < -0.39 is 10.0 Å². The second-order valence-electron chi connectivity index (χ2n) is 8.03. The molecule has 0 radical (unpaired) electrons. The van der Waals surface area contributed by atoms with Crippen LogP contribution < -0.4 is 4.72 Å². The van der Waals surface area contributed by atoms with Crippen molar-refractivity contribution in [2.24, 2.45) is 5.92 Å². The van der Waals surface area contributed by atoms with Crippen molar-refractivity contribution in [2.75, 3.05) is 19.6 Å². The van der Waals surface area contributed by atoms with Gasteiger partial charge in [0.15, 0.2) is 5.76 Å². The molecular weight excluding hydrogens is 417 g/mol. The Kier molecular flexibility index (Phi) is 6.50. The molecule has 0 amide bonds. The number of hydrogen-bond acceptors (Lipinski definition) is 5. The molecule has 31 heavy (non-hydrogen) atoms. The minimum atomic E-state index is -3.51. The molecule has 2 aromatic carbocycles.